The summed E-state index contributed by atoms with van der Waals surface area (Å²) in [5.74, 6) is -0.847. The molecule has 1 amide bonds. The van der Waals surface area contributed by atoms with Crippen LogP contribution in [0.15, 0.2) is 34.7 Å². The van der Waals surface area contributed by atoms with Crippen molar-refractivity contribution in [2.24, 2.45) is 0 Å². The molecule has 0 saturated carbocycles. The van der Waals surface area contributed by atoms with Gasteiger partial charge in [-0.1, -0.05) is 23.1 Å². The van der Waals surface area contributed by atoms with Crippen molar-refractivity contribution in [3.05, 3.63) is 51.6 Å². The number of hydrogen-bond donors (Lipinski definition) is 1. The van der Waals surface area contributed by atoms with E-state index in [1.165, 1.54) is 34.4 Å². The van der Waals surface area contributed by atoms with Gasteiger partial charge in [-0.3, -0.25) is 20.2 Å². The smallest absolute Gasteiger partial charge is 0.298 e. The minimum atomic E-state index is -4.97. The number of nitro benzene ring substituents is 1. The van der Waals surface area contributed by atoms with Gasteiger partial charge in [0.05, 0.1) is 25.4 Å². The number of amides is 1. The van der Waals surface area contributed by atoms with E-state index in [4.69, 9.17) is 0 Å². The molecule has 30 heavy (non-hydrogen) atoms. The van der Waals surface area contributed by atoms with Crippen LogP contribution in [0.25, 0.3) is 20.4 Å². The van der Waals surface area contributed by atoms with Crippen molar-refractivity contribution >= 4 is 71.6 Å². The lowest BCUT2D eigenvalue weighted by Crippen LogP contribution is -2.15. The molecule has 4 aromatic rings. The summed E-state index contributed by atoms with van der Waals surface area (Å²) in [6.45, 7) is 0. The summed E-state index contributed by atoms with van der Waals surface area (Å²) < 4.78 is 42.0. The van der Waals surface area contributed by atoms with Gasteiger partial charge in [0.1, 0.15) is 5.56 Å². The zero-order chi connectivity index (χ0) is 21.6. The van der Waals surface area contributed by atoms with Crippen LogP contribution in [0.4, 0.5) is 24.0 Å². The molecule has 0 aliphatic carbocycles. The fraction of sp³-hybridized carbons (Fsp3) is 0.118. The van der Waals surface area contributed by atoms with Gasteiger partial charge in [0.2, 0.25) is 0 Å². The zero-order valence-corrected chi connectivity index (χ0v) is 17.3. The van der Waals surface area contributed by atoms with Gasteiger partial charge in [0, 0.05) is 11.6 Å². The number of halogens is 3. The molecule has 0 unspecified atom stereocenters. The van der Waals surface area contributed by atoms with Crippen LogP contribution in [0.1, 0.15) is 15.9 Å². The Hall–Kier alpha value is -2.77. The first-order valence-corrected chi connectivity index (χ1v) is 10.9. The lowest BCUT2D eigenvalue weighted by molar-refractivity contribution is -0.388. The SMILES string of the molecule is CSc1nc2ccc3nc(NC(=O)c4ccc([N+](=O)[O-])c(C(F)(F)F)c4)sc3c2s1. The average molecular weight is 470 g/mol. The first-order valence-electron chi connectivity index (χ1n) is 8.08. The number of nitrogens with one attached hydrogen (secondary N) is 1. The third kappa shape index (κ3) is 3.70. The molecule has 0 spiro atoms. The Morgan fingerprint density at radius 1 is 1.13 bits per heavy atom. The quantitative estimate of drug-likeness (QED) is 0.230. The zero-order valence-electron chi connectivity index (χ0n) is 14.8. The highest BCUT2D eigenvalue weighted by Gasteiger charge is 2.38. The summed E-state index contributed by atoms with van der Waals surface area (Å²) in [5.41, 5.74) is -1.54. The molecule has 2 aromatic heterocycles. The highest BCUT2D eigenvalue weighted by atomic mass is 32.2. The first-order chi connectivity index (χ1) is 14.2. The van der Waals surface area contributed by atoms with Gasteiger partial charge in [-0.15, -0.1) is 11.3 Å². The van der Waals surface area contributed by atoms with Gasteiger partial charge in [0.15, 0.2) is 9.47 Å². The van der Waals surface area contributed by atoms with Crippen LogP contribution in [0, 0.1) is 10.1 Å². The number of aromatic nitrogens is 2. The number of fused-ring (bicyclic) bond motifs is 3. The maximum atomic E-state index is 13.1. The van der Waals surface area contributed by atoms with Crippen LogP contribution in [0.3, 0.4) is 0 Å². The summed E-state index contributed by atoms with van der Waals surface area (Å²) in [6.07, 6.45) is -3.06. The van der Waals surface area contributed by atoms with E-state index in [9.17, 15) is 28.1 Å². The number of thioether (sulfide) groups is 1. The van der Waals surface area contributed by atoms with E-state index in [2.05, 4.69) is 15.3 Å². The lowest BCUT2D eigenvalue weighted by Gasteiger charge is -2.09. The predicted octanol–water partition coefficient (Wildman–Crippen LogP) is 5.81. The van der Waals surface area contributed by atoms with E-state index in [-0.39, 0.29) is 10.7 Å². The van der Waals surface area contributed by atoms with Crippen molar-refractivity contribution in [3.8, 4) is 0 Å². The summed E-state index contributed by atoms with van der Waals surface area (Å²) in [5, 5.41) is 13.5. The minimum absolute atomic E-state index is 0.202. The van der Waals surface area contributed by atoms with Gasteiger partial charge >= 0.3 is 6.18 Å². The largest absolute Gasteiger partial charge is 0.423 e. The monoisotopic (exact) mass is 470 g/mol. The van der Waals surface area contributed by atoms with Crippen molar-refractivity contribution in [2.45, 2.75) is 10.5 Å². The number of anilines is 1. The summed E-state index contributed by atoms with van der Waals surface area (Å²) in [6, 6.07) is 5.67. The van der Waals surface area contributed by atoms with Gasteiger partial charge in [-0.2, -0.15) is 13.2 Å². The van der Waals surface area contributed by atoms with E-state index >= 15 is 0 Å². The van der Waals surface area contributed by atoms with E-state index in [0.29, 0.717) is 17.6 Å². The fourth-order valence-electron chi connectivity index (χ4n) is 2.73. The van der Waals surface area contributed by atoms with Gasteiger partial charge < -0.3 is 0 Å². The molecule has 7 nitrogen and oxygen atoms in total. The second-order valence-corrected chi connectivity index (χ2v) is 8.96. The Labute approximate surface area is 178 Å². The molecular formula is C17H9F3N4O3S3. The molecule has 0 radical (unpaired) electrons. The topological polar surface area (TPSA) is 98.0 Å². The van der Waals surface area contributed by atoms with Crippen LogP contribution in [-0.4, -0.2) is 27.1 Å². The number of nitro groups is 1. The van der Waals surface area contributed by atoms with Gasteiger partial charge in [-0.05, 0) is 30.5 Å². The van der Waals surface area contributed by atoms with Crippen molar-refractivity contribution in [3.63, 3.8) is 0 Å². The van der Waals surface area contributed by atoms with Crippen molar-refractivity contribution < 1.29 is 22.9 Å². The standard InChI is InChI=1S/C17H9F3N4O3S3/c1-28-16-22-10-4-3-9-12(13(10)30-16)29-15(21-9)23-14(25)7-2-5-11(24(26)27)8(6-7)17(18,19)20/h2-6H,1H3,(H,21,23,25). The summed E-state index contributed by atoms with van der Waals surface area (Å²) in [4.78, 5) is 31.0. The number of carbonyl (C=O) groups is 1. The highest BCUT2D eigenvalue weighted by Crippen LogP contribution is 2.39. The van der Waals surface area contributed by atoms with Crippen molar-refractivity contribution in [1.82, 2.24) is 9.97 Å². The maximum Gasteiger partial charge on any atom is 0.423 e. The number of thiazole rings is 2. The molecule has 0 aliphatic heterocycles. The molecule has 2 heterocycles. The van der Waals surface area contributed by atoms with Crippen molar-refractivity contribution in [1.29, 1.82) is 0 Å². The Balaban J connectivity index is 1.68. The third-order valence-corrected chi connectivity index (χ3v) is 7.26. The molecule has 154 valence electrons. The molecule has 0 atom stereocenters. The molecule has 0 saturated heterocycles. The molecular weight excluding hydrogens is 461 g/mol. The molecule has 0 aliphatic rings. The summed E-state index contributed by atoms with van der Waals surface area (Å²) in [7, 11) is 0. The molecule has 4 rings (SSSR count). The van der Waals surface area contributed by atoms with E-state index < -0.39 is 28.3 Å². The van der Waals surface area contributed by atoms with Crippen LogP contribution < -0.4 is 5.32 Å². The summed E-state index contributed by atoms with van der Waals surface area (Å²) >= 11 is 4.17. The molecule has 1 N–H and O–H groups in total. The number of benzene rings is 2. The van der Waals surface area contributed by atoms with Crippen LogP contribution in [0.2, 0.25) is 0 Å². The number of hydrogen-bond acceptors (Lipinski definition) is 8. The maximum absolute atomic E-state index is 13.1. The molecule has 0 bridgehead atoms. The van der Waals surface area contributed by atoms with Gasteiger partial charge in [-0.25, -0.2) is 9.97 Å². The van der Waals surface area contributed by atoms with E-state index in [1.54, 1.807) is 6.07 Å². The molecule has 0 fully saturated rings. The number of nitrogens with zero attached hydrogens (tertiary/aromatic N) is 3. The Morgan fingerprint density at radius 2 is 1.80 bits per heavy atom. The minimum Gasteiger partial charge on any atom is -0.298 e. The Bertz CT molecular complexity index is 1320. The third-order valence-electron chi connectivity index (χ3n) is 4.05. The van der Waals surface area contributed by atoms with Crippen molar-refractivity contribution in [2.75, 3.05) is 11.6 Å². The molecule has 2 aromatic carbocycles. The number of carbonyl (C=O) groups excluding carboxylic acids is 1. The predicted molar refractivity (Wildman–Crippen MR) is 111 cm³/mol. The Morgan fingerprint density at radius 3 is 2.43 bits per heavy atom. The molecule has 13 heteroatoms. The first kappa shape index (κ1) is 20.5. The van der Waals surface area contributed by atoms with Crippen LogP contribution in [0.5, 0.6) is 0 Å². The van der Waals surface area contributed by atoms with E-state index in [1.807, 2.05) is 12.3 Å². The highest BCUT2D eigenvalue weighted by molar-refractivity contribution is 8.00. The number of rotatable bonds is 4. The van der Waals surface area contributed by atoms with Crippen LogP contribution in [-0.2, 0) is 6.18 Å². The normalized spacial score (nSPS) is 11.9. The van der Waals surface area contributed by atoms with Gasteiger partial charge in [0.25, 0.3) is 11.6 Å². The van der Waals surface area contributed by atoms with E-state index in [0.717, 1.165) is 25.3 Å². The van der Waals surface area contributed by atoms with Crippen LogP contribution >= 0.6 is 34.4 Å². The second-order valence-electron chi connectivity index (χ2n) is 5.91. The average Bonchev–Trinajstić information content (AvgIpc) is 3.29. The lowest BCUT2D eigenvalue weighted by atomic mass is 10.1. The second kappa shape index (κ2) is 7.49. The fourth-order valence-corrected chi connectivity index (χ4v) is 5.38. The Kier molecular flexibility index (Phi) is 5.11. The number of alkyl halides is 3.